The summed E-state index contributed by atoms with van der Waals surface area (Å²) in [7, 11) is 0. The van der Waals surface area contributed by atoms with Gasteiger partial charge in [-0.2, -0.15) is 0 Å². The Balaban J connectivity index is 1.49. The molecule has 3 rings (SSSR count). The van der Waals surface area contributed by atoms with Crippen LogP contribution in [0.25, 0.3) is 0 Å². The summed E-state index contributed by atoms with van der Waals surface area (Å²) in [4.78, 5) is 26.3. The fourth-order valence-corrected chi connectivity index (χ4v) is 3.59. The van der Waals surface area contributed by atoms with Gasteiger partial charge >= 0.3 is 0 Å². The van der Waals surface area contributed by atoms with Crippen LogP contribution in [0.2, 0.25) is 0 Å². The van der Waals surface area contributed by atoms with E-state index in [2.05, 4.69) is 27.9 Å². The normalized spacial score (nSPS) is 18.2. The molecule has 1 saturated carbocycles. The second kappa shape index (κ2) is 7.49. The Morgan fingerprint density at radius 2 is 1.83 bits per heavy atom. The molecule has 0 saturated heterocycles. The first-order chi connectivity index (χ1) is 11.2. The van der Waals surface area contributed by atoms with E-state index in [9.17, 15) is 9.59 Å². The fraction of sp³-hybridized carbons (Fsp3) is 0.556. The SMILES string of the molecule is O=C(CN1CCCc2ccccc21)NNC(=O)C1CCCCC1. The van der Waals surface area contributed by atoms with Crippen LogP contribution in [-0.2, 0) is 16.0 Å². The molecule has 0 aromatic heterocycles. The Morgan fingerprint density at radius 3 is 2.65 bits per heavy atom. The molecule has 23 heavy (non-hydrogen) atoms. The summed E-state index contributed by atoms with van der Waals surface area (Å²) in [5.74, 6) is -0.150. The van der Waals surface area contributed by atoms with Gasteiger partial charge in [-0.25, -0.2) is 0 Å². The maximum atomic E-state index is 12.1. The standard InChI is InChI=1S/C18H25N3O2/c22-17(19-20-18(23)15-8-2-1-3-9-15)13-21-12-6-10-14-7-4-5-11-16(14)21/h4-5,7,11,15H,1-3,6,8-10,12-13H2,(H,19,22)(H,20,23). The van der Waals surface area contributed by atoms with Gasteiger partial charge < -0.3 is 4.90 Å². The lowest BCUT2D eigenvalue weighted by atomic mass is 9.89. The van der Waals surface area contributed by atoms with Gasteiger partial charge in [0, 0.05) is 18.2 Å². The number of nitrogens with one attached hydrogen (secondary N) is 2. The molecule has 1 aliphatic heterocycles. The van der Waals surface area contributed by atoms with Crippen molar-refractivity contribution in [3.63, 3.8) is 0 Å². The van der Waals surface area contributed by atoms with Crippen molar-refractivity contribution in [1.82, 2.24) is 10.9 Å². The van der Waals surface area contributed by atoms with Crippen LogP contribution in [-0.4, -0.2) is 24.9 Å². The molecule has 1 aromatic rings. The number of hydrogen-bond donors (Lipinski definition) is 2. The van der Waals surface area contributed by atoms with Crippen molar-refractivity contribution in [2.45, 2.75) is 44.9 Å². The molecule has 1 aromatic carbocycles. The molecule has 1 fully saturated rings. The number of hydrazine groups is 1. The predicted octanol–water partition coefficient (Wildman–Crippen LogP) is 2.17. The Kier molecular flexibility index (Phi) is 5.16. The monoisotopic (exact) mass is 315 g/mol. The molecule has 0 radical (unpaired) electrons. The summed E-state index contributed by atoms with van der Waals surface area (Å²) in [5.41, 5.74) is 7.60. The Morgan fingerprint density at radius 1 is 1.04 bits per heavy atom. The summed E-state index contributed by atoms with van der Waals surface area (Å²) in [6.45, 7) is 1.16. The molecule has 5 nitrogen and oxygen atoms in total. The molecule has 0 bridgehead atoms. The summed E-state index contributed by atoms with van der Waals surface area (Å²) in [6, 6.07) is 8.21. The highest BCUT2D eigenvalue weighted by molar-refractivity contribution is 5.86. The lowest BCUT2D eigenvalue weighted by Crippen LogP contribution is -2.49. The first-order valence-electron chi connectivity index (χ1n) is 8.65. The van der Waals surface area contributed by atoms with Crippen LogP contribution in [0.1, 0.15) is 44.1 Å². The van der Waals surface area contributed by atoms with Crippen LogP contribution in [0, 0.1) is 5.92 Å². The molecule has 2 amide bonds. The molecule has 5 heteroatoms. The van der Waals surface area contributed by atoms with E-state index in [1.54, 1.807) is 0 Å². The van der Waals surface area contributed by atoms with E-state index in [-0.39, 0.29) is 24.3 Å². The number of carbonyl (C=O) groups is 2. The van der Waals surface area contributed by atoms with Crippen molar-refractivity contribution < 1.29 is 9.59 Å². The van der Waals surface area contributed by atoms with Crippen molar-refractivity contribution in [3.8, 4) is 0 Å². The fourth-order valence-electron chi connectivity index (χ4n) is 3.59. The lowest BCUT2D eigenvalue weighted by molar-refractivity contribution is -0.131. The number of carbonyl (C=O) groups excluding carboxylic acids is 2. The van der Waals surface area contributed by atoms with Crippen molar-refractivity contribution in [2.24, 2.45) is 5.92 Å². The zero-order valence-corrected chi connectivity index (χ0v) is 13.5. The van der Waals surface area contributed by atoms with Gasteiger partial charge in [0.25, 0.3) is 5.91 Å². The second-order valence-electron chi connectivity index (χ2n) is 6.53. The van der Waals surface area contributed by atoms with E-state index < -0.39 is 0 Å². The summed E-state index contributed by atoms with van der Waals surface area (Å²) in [5, 5.41) is 0. The maximum Gasteiger partial charge on any atom is 0.257 e. The van der Waals surface area contributed by atoms with E-state index in [1.807, 2.05) is 12.1 Å². The second-order valence-corrected chi connectivity index (χ2v) is 6.53. The number of rotatable bonds is 3. The van der Waals surface area contributed by atoms with Crippen LogP contribution in [0.5, 0.6) is 0 Å². The zero-order chi connectivity index (χ0) is 16.1. The largest absolute Gasteiger partial charge is 0.362 e. The van der Waals surface area contributed by atoms with Crippen LogP contribution >= 0.6 is 0 Å². The zero-order valence-electron chi connectivity index (χ0n) is 13.5. The predicted molar refractivity (Wildman–Crippen MR) is 89.8 cm³/mol. The molecule has 2 N–H and O–H groups in total. The smallest absolute Gasteiger partial charge is 0.257 e. The first kappa shape index (κ1) is 15.8. The molecule has 2 aliphatic rings. The lowest BCUT2D eigenvalue weighted by Gasteiger charge is -2.30. The van der Waals surface area contributed by atoms with E-state index >= 15 is 0 Å². The van der Waals surface area contributed by atoms with Gasteiger partial charge in [-0.05, 0) is 37.3 Å². The van der Waals surface area contributed by atoms with Gasteiger partial charge in [-0.1, -0.05) is 37.5 Å². The van der Waals surface area contributed by atoms with Gasteiger partial charge in [0.2, 0.25) is 5.91 Å². The third kappa shape index (κ3) is 4.03. The Hall–Kier alpha value is -2.04. The molecule has 0 spiro atoms. The van der Waals surface area contributed by atoms with Gasteiger partial charge in [0.15, 0.2) is 0 Å². The Labute approximate surface area is 137 Å². The summed E-state index contributed by atoms with van der Waals surface area (Å²) >= 11 is 0. The minimum Gasteiger partial charge on any atom is -0.362 e. The number of anilines is 1. The van der Waals surface area contributed by atoms with Crippen LogP contribution in [0.3, 0.4) is 0 Å². The maximum absolute atomic E-state index is 12.1. The first-order valence-corrected chi connectivity index (χ1v) is 8.65. The molecule has 1 heterocycles. The van der Waals surface area contributed by atoms with Gasteiger partial charge in [-0.3, -0.25) is 20.4 Å². The highest BCUT2D eigenvalue weighted by Gasteiger charge is 2.22. The van der Waals surface area contributed by atoms with Crippen molar-refractivity contribution in [1.29, 1.82) is 0 Å². The van der Waals surface area contributed by atoms with Crippen molar-refractivity contribution in [3.05, 3.63) is 29.8 Å². The molecule has 124 valence electrons. The summed E-state index contributed by atoms with van der Waals surface area (Å²) < 4.78 is 0. The number of amides is 2. The number of nitrogens with zero attached hydrogens (tertiary/aromatic N) is 1. The number of fused-ring (bicyclic) bond motifs is 1. The third-order valence-corrected chi connectivity index (χ3v) is 4.84. The number of para-hydroxylation sites is 1. The molecular weight excluding hydrogens is 290 g/mol. The highest BCUT2D eigenvalue weighted by atomic mass is 16.2. The molecule has 1 aliphatic carbocycles. The van der Waals surface area contributed by atoms with Gasteiger partial charge in [-0.15, -0.1) is 0 Å². The third-order valence-electron chi connectivity index (χ3n) is 4.84. The molecule has 0 atom stereocenters. The van der Waals surface area contributed by atoms with Crippen LogP contribution in [0.15, 0.2) is 24.3 Å². The van der Waals surface area contributed by atoms with Crippen LogP contribution in [0.4, 0.5) is 5.69 Å². The number of benzene rings is 1. The van der Waals surface area contributed by atoms with Crippen molar-refractivity contribution >= 4 is 17.5 Å². The Bertz CT molecular complexity index is 567. The van der Waals surface area contributed by atoms with Crippen molar-refractivity contribution in [2.75, 3.05) is 18.0 Å². The minimum absolute atomic E-state index is 0.0444. The number of hydrogen-bond acceptors (Lipinski definition) is 3. The topological polar surface area (TPSA) is 61.4 Å². The number of aryl methyl sites for hydroxylation is 1. The molecule has 0 unspecified atom stereocenters. The van der Waals surface area contributed by atoms with E-state index in [4.69, 9.17) is 0 Å². The minimum atomic E-state index is -0.161. The van der Waals surface area contributed by atoms with E-state index in [0.717, 1.165) is 50.8 Å². The van der Waals surface area contributed by atoms with E-state index in [0.29, 0.717) is 0 Å². The highest BCUT2D eigenvalue weighted by Crippen LogP contribution is 2.26. The average Bonchev–Trinajstić information content (AvgIpc) is 2.61. The van der Waals surface area contributed by atoms with Gasteiger partial charge in [0.1, 0.15) is 0 Å². The summed E-state index contributed by atoms with van der Waals surface area (Å²) in [6.07, 6.45) is 7.41. The van der Waals surface area contributed by atoms with E-state index in [1.165, 1.54) is 12.0 Å². The molecular formula is C18H25N3O2. The van der Waals surface area contributed by atoms with Crippen LogP contribution < -0.4 is 15.8 Å². The quantitative estimate of drug-likeness (QED) is 0.840. The van der Waals surface area contributed by atoms with Gasteiger partial charge in [0.05, 0.1) is 6.54 Å². The average molecular weight is 315 g/mol.